The maximum atomic E-state index is 12.9. The number of carbonyl (C=O) groups is 4. The summed E-state index contributed by atoms with van der Waals surface area (Å²) in [5.41, 5.74) is 6.07. The highest BCUT2D eigenvalue weighted by Crippen LogP contribution is 2.39. The lowest BCUT2D eigenvalue weighted by Crippen LogP contribution is -2.34. The lowest BCUT2D eigenvalue weighted by Gasteiger charge is -2.25. The molecule has 0 aliphatic carbocycles. The largest absolute Gasteiger partial charge is 0.643 e. The second-order valence-electron chi connectivity index (χ2n) is 29.1. The van der Waals surface area contributed by atoms with Gasteiger partial charge in [0.15, 0.2) is 0 Å². The summed E-state index contributed by atoms with van der Waals surface area (Å²) in [5.74, 6) is 0.258. The number of benzene rings is 2. The second-order valence-corrected chi connectivity index (χ2v) is 36.0. The molecule has 2 aromatic carbocycles. The summed E-state index contributed by atoms with van der Waals surface area (Å²) in [7, 11) is 14.8. The van der Waals surface area contributed by atoms with Gasteiger partial charge in [-0.3, -0.25) is 19.2 Å². The van der Waals surface area contributed by atoms with Crippen LogP contribution in [0.4, 0.5) is 22.7 Å². The van der Waals surface area contributed by atoms with E-state index >= 15 is 0 Å². The Morgan fingerprint density at radius 1 is 0.327 bits per heavy atom. The Bertz CT molecular complexity index is 2070. The zero-order chi connectivity index (χ0) is 71.2. The van der Waals surface area contributed by atoms with Crippen LogP contribution in [0.5, 0.6) is 0 Å². The number of amides is 4. The summed E-state index contributed by atoms with van der Waals surface area (Å²) in [6.45, 7) is 12.1. The lowest BCUT2D eigenvalue weighted by atomic mass is 10.0. The number of fused-ring (bicyclic) bond motifs is 2. The van der Waals surface area contributed by atoms with Gasteiger partial charge >= 0.3 is 11.4 Å². The molecule has 0 fully saturated rings. The van der Waals surface area contributed by atoms with Crippen LogP contribution in [0.25, 0.3) is 0 Å². The van der Waals surface area contributed by atoms with Crippen molar-refractivity contribution in [2.75, 3.05) is 57.5 Å². The predicted octanol–water partition coefficient (Wildman–Crippen LogP) is 27.9. The molecule has 4 rings (SSSR count). The van der Waals surface area contributed by atoms with E-state index in [2.05, 4.69) is 39.8 Å². The van der Waals surface area contributed by atoms with Crippen molar-refractivity contribution < 1.29 is 19.2 Å². The molecule has 564 valence electrons. The van der Waals surface area contributed by atoms with E-state index in [4.69, 9.17) is 53.3 Å². The highest BCUT2D eigenvalue weighted by molar-refractivity contribution is 7.54. The molecule has 2 aromatic rings. The standard InChI is InChI=1S/C42H74Cl2N2O2.C42H72N2O2.Al.3ClH/c1-3-5-7-9-11-13-15-17-19-21-23-25-27-29-35-45(41(47)37-43)39-31-33-40(34-32-39)46(42(48)38-44)36-30-28-26-24-22-20-18-16-14-12-10-8-6-4-2;1-3-5-7-9-11-13-15-17-19-21-23-25-27-29-31-43-39-33-38-36-42(46)44(40(38)34-37(39)35-41(43)45)32-30-28-26-24-22-20-18-16-14-12-10-8-6-4-2;;;;/h31-34H,3-30,35-38H2,1-2H3;33-34H,3-32,35-36H2,1-2H3;;3*1H/q;;+3;;;/p-3. The fraction of sp³-hybridized carbons (Fsp3) is 0.810. The van der Waals surface area contributed by atoms with Gasteiger partial charge in [0.2, 0.25) is 23.6 Å². The molecule has 0 spiro atoms. The molecule has 0 unspecified atom stereocenters. The highest BCUT2D eigenvalue weighted by atomic mass is 35.8. The Kier molecular flexibility index (Phi) is 62.2. The van der Waals surface area contributed by atoms with Crippen LogP contribution < -0.4 is 19.6 Å². The van der Waals surface area contributed by atoms with Crippen LogP contribution in [0, 0.1) is 0 Å². The molecule has 98 heavy (non-hydrogen) atoms. The van der Waals surface area contributed by atoms with Gasteiger partial charge in [-0.15, -0.1) is 23.2 Å². The van der Waals surface area contributed by atoms with Crippen molar-refractivity contribution in [3.8, 4) is 0 Å². The minimum atomic E-state index is -1.72. The van der Waals surface area contributed by atoms with Crippen molar-refractivity contribution in [3.63, 3.8) is 0 Å². The van der Waals surface area contributed by atoms with Gasteiger partial charge in [-0.2, -0.15) is 0 Å². The van der Waals surface area contributed by atoms with Gasteiger partial charge in [0.25, 0.3) is 0 Å². The van der Waals surface area contributed by atoms with Crippen LogP contribution in [0.15, 0.2) is 36.4 Å². The van der Waals surface area contributed by atoms with Crippen molar-refractivity contribution in [1.29, 1.82) is 0 Å². The third-order valence-electron chi connectivity index (χ3n) is 20.4. The number of hydrogen-bond acceptors (Lipinski definition) is 4. The fourth-order valence-electron chi connectivity index (χ4n) is 14.3. The van der Waals surface area contributed by atoms with Crippen LogP contribution in [-0.4, -0.2) is 73.0 Å². The number of carbonyl (C=O) groups excluding carboxylic acids is 4. The van der Waals surface area contributed by atoms with Gasteiger partial charge in [0, 0.05) is 48.9 Å². The molecule has 4 amide bonds. The third-order valence-corrected chi connectivity index (χ3v) is 20.8. The van der Waals surface area contributed by atoms with Gasteiger partial charge in [-0.25, -0.2) is 30.1 Å². The Balaban J connectivity index is 0.000000632. The SMILES string of the molecule is CCCCCCCCCCCCCCCCN(C(=O)CCl)c1ccc(N(CCCCCCCCCCCCCCCC)C(=O)CCl)cc1.CCCCCCCCCCCCCCCCN1C(=O)Cc2cc3c(cc21)CC(=O)N3CCCCCCCCCCCCCCCC.[Cl][Al]([Cl])[Cl]. The maximum absolute atomic E-state index is 12.9. The maximum Gasteiger partial charge on any atom is 0.643 e. The molecular weight excluding hydrogens is 1330 g/mol. The molecule has 0 bridgehead atoms. The van der Waals surface area contributed by atoms with Crippen LogP contribution >= 0.6 is 53.3 Å². The molecular formula is C84H146AlCl5N4O4. The molecule has 0 saturated carbocycles. The summed E-state index contributed by atoms with van der Waals surface area (Å²) in [4.78, 5) is 58.9. The summed E-state index contributed by atoms with van der Waals surface area (Å²) in [6.07, 6.45) is 75.4. The van der Waals surface area contributed by atoms with E-state index < -0.39 is 11.4 Å². The summed E-state index contributed by atoms with van der Waals surface area (Å²) in [6, 6.07) is 12.1. The summed E-state index contributed by atoms with van der Waals surface area (Å²) < 4.78 is 0. The number of rotatable bonds is 64. The van der Waals surface area contributed by atoms with Gasteiger partial charge in [0.05, 0.1) is 12.8 Å². The fourth-order valence-corrected chi connectivity index (χ4v) is 14.6. The smallest absolute Gasteiger partial charge is 0.312 e. The third kappa shape index (κ3) is 46.9. The molecule has 0 atom stereocenters. The van der Waals surface area contributed by atoms with Crippen LogP contribution in [0.2, 0.25) is 0 Å². The molecule has 8 nitrogen and oxygen atoms in total. The average Bonchev–Trinajstić information content (AvgIpc) is 1.61. The van der Waals surface area contributed by atoms with E-state index in [1.54, 1.807) is 9.80 Å². The number of nitrogens with zero attached hydrogens (tertiary/aromatic N) is 4. The molecule has 0 radical (unpaired) electrons. The summed E-state index contributed by atoms with van der Waals surface area (Å²) >= 11 is 10.3. The Morgan fingerprint density at radius 2 is 0.510 bits per heavy atom. The predicted molar refractivity (Wildman–Crippen MR) is 436 cm³/mol. The molecule has 2 heterocycles. The first-order valence-corrected chi connectivity index (χ1v) is 47.8. The van der Waals surface area contributed by atoms with Gasteiger partial charge in [0.1, 0.15) is 11.8 Å². The minimum absolute atomic E-state index is 0.0314. The molecule has 0 N–H and O–H groups in total. The van der Waals surface area contributed by atoms with E-state index in [0.717, 1.165) is 85.5 Å². The van der Waals surface area contributed by atoms with Crippen molar-refractivity contribution in [3.05, 3.63) is 47.5 Å². The number of hydrogen-bond donors (Lipinski definition) is 0. The van der Waals surface area contributed by atoms with E-state index in [1.165, 1.54) is 321 Å². The quantitative estimate of drug-likeness (QED) is 0.0375. The zero-order valence-electron chi connectivity index (χ0n) is 63.6. The number of anilines is 4. The lowest BCUT2D eigenvalue weighted by molar-refractivity contribution is -0.118. The van der Waals surface area contributed by atoms with Crippen molar-refractivity contribution in [2.45, 2.75) is 400 Å². The normalized spacial score (nSPS) is 12.4. The first-order chi connectivity index (χ1) is 48.0. The summed E-state index contributed by atoms with van der Waals surface area (Å²) in [5, 5.41) is 0. The highest BCUT2D eigenvalue weighted by Gasteiger charge is 2.34. The van der Waals surface area contributed by atoms with Crippen LogP contribution in [0.1, 0.15) is 398 Å². The Morgan fingerprint density at radius 3 is 0.704 bits per heavy atom. The number of alkyl halides is 2. The number of unbranched alkanes of at least 4 members (excludes halogenated alkanes) is 52. The van der Waals surface area contributed by atoms with Gasteiger partial charge in [-0.1, -0.05) is 362 Å². The van der Waals surface area contributed by atoms with E-state index in [0.29, 0.717) is 25.9 Å². The zero-order valence-corrected chi connectivity index (χ0v) is 68.5. The van der Waals surface area contributed by atoms with Crippen molar-refractivity contribution >= 4 is 111 Å². The van der Waals surface area contributed by atoms with E-state index in [1.807, 2.05) is 34.1 Å². The second kappa shape index (κ2) is 66.0. The monoisotopic (exact) mass is 1480 g/mol. The van der Waals surface area contributed by atoms with Gasteiger partial charge in [-0.05, 0) is 73.2 Å². The molecule has 0 aromatic heterocycles. The molecule has 14 heteroatoms. The van der Waals surface area contributed by atoms with E-state index in [-0.39, 0.29) is 35.4 Å². The van der Waals surface area contributed by atoms with Crippen LogP contribution in [-0.2, 0) is 32.0 Å². The van der Waals surface area contributed by atoms with Gasteiger partial charge < -0.3 is 19.6 Å². The molecule has 2 aliphatic rings. The Labute approximate surface area is 630 Å². The van der Waals surface area contributed by atoms with Crippen molar-refractivity contribution in [1.82, 2.24) is 0 Å². The average molecular weight is 1480 g/mol. The topological polar surface area (TPSA) is 81.2 Å². The first-order valence-electron chi connectivity index (χ1n) is 41.5. The van der Waals surface area contributed by atoms with E-state index in [9.17, 15) is 19.2 Å². The molecule has 2 aliphatic heterocycles. The van der Waals surface area contributed by atoms with Crippen LogP contribution in [0.3, 0.4) is 0 Å². The van der Waals surface area contributed by atoms with Crippen molar-refractivity contribution in [2.24, 2.45) is 0 Å². The first kappa shape index (κ1) is 92.4. The molecule has 0 saturated heterocycles. The number of halogens is 5. The minimum Gasteiger partial charge on any atom is -0.312 e. The Hall–Kier alpha value is -1.70.